The molecule has 0 bridgehead atoms. The van der Waals surface area contributed by atoms with E-state index in [4.69, 9.17) is 5.11 Å². The molecule has 0 aliphatic carbocycles. The van der Waals surface area contributed by atoms with Crippen molar-refractivity contribution < 1.29 is 23.0 Å². The Kier molecular flexibility index (Phi) is 1.97. The van der Waals surface area contributed by atoms with Crippen LogP contribution in [-0.2, 0) is 4.74 Å². The van der Waals surface area contributed by atoms with Gasteiger partial charge in [0, 0.05) is 6.42 Å². The van der Waals surface area contributed by atoms with E-state index in [-0.39, 0.29) is 18.8 Å². The molecule has 0 spiro atoms. The molecule has 0 amide bonds. The Hall–Kier alpha value is -0.870. The molecule has 0 aromatic carbocycles. The summed E-state index contributed by atoms with van der Waals surface area (Å²) in [5, 5.41) is 8.52. The van der Waals surface area contributed by atoms with E-state index >= 15 is 0 Å². The Labute approximate surface area is 61.3 Å². The number of aliphatic hydroxyl groups excluding tert-OH is 1. The second-order valence-corrected chi connectivity index (χ2v) is 2.22. The summed E-state index contributed by atoms with van der Waals surface area (Å²) in [6.07, 6.45) is -3.96. The Morgan fingerprint density at radius 2 is 2.09 bits per heavy atom. The molecule has 1 heterocycles. The molecule has 1 aliphatic rings. The van der Waals surface area contributed by atoms with Crippen molar-refractivity contribution >= 4 is 0 Å². The number of rotatable bonds is 0. The van der Waals surface area contributed by atoms with Crippen molar-refractivity contribution in [1.82, 2.24) is 0 Å². The SMILES string of the molecule is O/C(=C1/CCCO1)C(F)(F)F. The van der Waals surface area contributed by atoms with E-state index < -0.39 is 11.9 Å². The average molecular weight is 168 g/mol. The van der Waals surface area contributed by atoms with E-state index in [1.165, 1.54) is 0 Å². The molecule has 5 heteroatoms. The van der Waals surface area contributed by atoms with Crippen molar-refractivity contribution in [2.24, 2.45) is 0 Å². The van der Waals surface area contributed by atoms with E-state index in [1.54, 1.807) is 0 Å². The minimum absolute atomic E-state index is 0.172. The first-order valence-electron chi connectivity index (χ1n) is 3.14. The van der Waals surface area contributed by atoms with Gasteiger partial charge in [-0.15, -0.1) is 0 Å². The van der Waals surface area contributed by atoms with E-state index in [0.29, 0.717) is 6.42 Å². The second kappa shape index (κ2) is 2.64. The lowest BCUT2D eigenvalue weighted by Gasteiger charge is -2.07. The van der Waals surface area contributed by atoms with Crippen LogP contribution in [-0.4, -0.2) is 17.9 Å². The van der Waals surface area contributed by atoms with Gasteiger partial charge >= 0.3 is 6.18 Å². The Morgan fingerprint density at radius 1 is 1.45 bits per heavy atom. The molecule has 0 atom stereocenters. The van der Waals surface area contributed by atoms with Crippen molar-refractivity contribution in [3.05, 3.63) is 11.5 Å². The standard InChI is InChI=1S/C6H7F3O2/c7-6(8,9)5(10)4-2-1-3-11-4/h10H,1-3H2/b5-4-. The maximum Gasteiger partial charge on any atom is 0.452 e. The zero-order chi connectivity index (χ0) is 8.48. The molecule has 0 aromatic heterocycles. The van der Waals surface area contributed by atoms with E-state index in [0.717, 1.165) is 0 Å². The largest absolute Gasteiger partial charge is 0.502 e. The summed E-state index contributed by atoms with van der Waals surface area (Å²) in [6.45, 7) is 0.259. The number of halogens is 3. The van der Waals surface area contributed by atoms with E-state index in [9.17, 15) is 13.2 Å². The fraction of sp³-hybridized carbons (Fsp3) is 0.667. The van der Waals surface area contributed by atoms with Gasteiger partial charge in [-0.1, -0.05) is 0 Å². The summed E-state index contributed by atoms with van der Waals surface area (Å²) >= 11 is 0. The van der Waals surface area contributed by atoms with Gasteiger partial charge < -0.3 is 9.84 Å². The van der Waals surface area contributed by atoms with Crippen molar-refractivity contribution in [2.45, 2.75) is 19.0 Å². The third kappa shape index (κ3) is 1.78. The van der Waals surface area contributed by atoms with Gasteiger partial charge in [0.25, 0.3) is 0 Å². The highest BCUT2D eigenvalue weighted by molar-refractivity contribution is 5.07. The lowest BCUT2D eigenvalue weighted by molar-refractivity contribution is -0.125. The molecule has 0 radical (unpaired) electrons. The van der Waals surface area contributed by atoms with Gasteiger partial charge in [0.2, 0.25) is 5.76 Å². The maximum atomic E-state index is 11.7. The molecular formula is C6H7F3O2. The van der Waals surface area contributed by atoms with Gasteiger partial charge in [0.05, 0.1) is 6.61 Å². The summed E-state index contributed by atoms with van der Waals surface area (Å²) in [5.74, 6) is -1.92. The molecule has 1 N–H and O–H groups in total. The second-order valence-electron chi connectivity index (χ2n) is 2.22. The summed E-state index contributed by atoms with van der Waals surface area (Å²) in [5.41, 5.74) is 0. The maximum absolute atomic E-state index is 11.7. The first kappa shape index (κ1) is 8.23. The molecule has 0 aromatic rings. The zero-order valence-corrected chi connectivity index (χ0v) is 5.61. The molecular weight excluding hydrogens is 161 g/mol. The Morgan fingerprint density at radius 3 is 2.45 bits per heavy atom. The Bertz CT molecular complexity index is 175. The Balaban J connectivity index is 2.77. The van der Waals surface area contributed by atoms with Crippen LogP contribution in [0, 0.1) is 0 Å². The summed E-state index contributed by atoms with van der Waals surface area (Å²) in [4.78, 5) is 0. The summed E-state index contributed by atoms with van der Waals surface area (Å²) in [7, 11) is 0. The van der Waals surface area contributed by atoms with Crippen molar-refractivity contribution in [2.75, 3.05) is 6.61 Å². The molecule has 1 saturated heterocycles. The predicted molar refractivity (Wildman–Crippen MR) is 30.9 cm³/mol. The first-order valence-corrected chi connectivity index (χ1v) is 3.14. The van der Waals surface area contributed by atoms with Crippen LogP contribution in [0.3, 0.4) is 0 Å². The van der Waals surface area contributed by atoms with Crippen LogP contribution >= 0.6 is 0 Å². The molecule has 11 heavy (non-hydrogen) atoms. The number of ether oxygens (including phenoxy) is 1. The van der Waals surface area contributed by atoms with Crippen LogP contribution in [0.2, 0.25) is 0 Å². The van der Waals surface area contributed by atoms with Gasteiger partial charge in [-0.05, 0) is 6.42 Å². The van der Waals surface area contributed by atoms with E-state index in [1.807, 2.05) is 0 Å². The third-order valence-electron chi connectivity index (χ3n) is 1.36. The number of allylic oxidation sites excluding steroid dienone is 2. The summed E-state index contributed by atoms with van der Waals surface area (Å²) in [6, 6.07) is 0. The zero-order valence-electron chi connectivity index (χ0n) is 5.61. The lowest BCUT2D eigenvalue weighted by Crippen LogP contribution is -2.13. The highest BCUT2D eigenvalue weighted by Crippen LogP contribution is 2.30. The number of alkyl halides is 3. The molecule has 1 fully saturated rings. The van der Waals surface area contributed by atoms with Gasteiger partial charge in [0.15, 0.2) is 0 Å². The summed E-state index contributed by atoms with van der Waals surface area (Å²) < 4.78 is 39.7. The number of hydrogen-bond donors (Lipinski definition) is 1. The lowest BCUT2D eigenvalue weighted by atomic mass is 10.3. The monoisotopic (exact) mass is 168 g/mol. The molecule has 64 valence electrons. The minimum atomic E-state index is -4.67. The van der Waals surface area contributed by atoms with Crippen LogP contribution < -0.4 is 0 Å². The van der Waals surface area contributed by atoms with Gasteiger partial charge in [-0.25, -0.2) is 0 Å². The topological polar surface area (TPSA) is 29.5 Å². The fourth-order valence-corrected chi connectivity index (χ4v) is 0.845. The molecule has 2 nitrogen and oxygen atoms in total. The number of aliphatic hydroxyl groups is 1. The van der Waals surface area contributed by atoms with Crippen LogP contribution in [0.1, 0.15) is 12.8 Å². The molecule has 1 rings (SSSR count). The third-order valence-corrected chi connectivity index (χ3v) is 1.36. The van der Waals surface area contributed by atoms with E-state index in [2.05, 4.69) is 4.74 Å². The van der Waals surface area contributed by atoms with Crippen LogP contribution in [0.25, 0.3) is 0 Å². The van der Waals surface area contributed by atoms with Crippen molar-refractivity contribution in [3.8, 4) is 0 Å². The molecule has 0 unspecified atom stereocenters. The van der Waals surface area contributed by atoms with Crippen molar-refractivity contribution in [3.63, 3.8) is 0 Å². The molecule has 1 aliphatic heterocycles. The van der Waals surface area contributed by atoms with Crippen LogP contribution in [0.15, 0.2) is 11.5 Å². The fourth-order valence-electron chi connectivity index (χ4n) is 0.845. The average Bonchev–Trinajstić information content (AvgIpc) is 2.34. The van der Waals surface area contributed by atoms with Gasteiger partial charge in [0.1, 0.15) is 5.76 Å². The van der Waals surface area contributed by atoms with Crippen molar-refractivity contribution in [1.29, 1.82) is 0 Å². The smallest absolute Gasteiger partial charge is 0.452 e. The minimum Gasteiger partial charge on any atom is -0.502 e. The predicted octanol–water partition coefficient (Wildman–Crippen LogP) is 2.13. The van der Waals surface area contributed by atoms with Gasteiger partial charge in [-0.2, -0.15) is 13.2 Å². The van der Waals surface area contributed by atoms with Crippen LogP contribution in [0.5, 0.6) is 0 Å². The molecule has 0 saturated carbocycles. The highest BCUT2D eigenvalue weighted by atomic mass is 19.4. The normalized spacial score (nSPS) is 23.2. The van der Waals surface area contributed by atoms with Crippen LogP contribution in [0.4, 0.5) is 13.2 Å². The number of hydrogen-bond acceptors (Lipinski definition) is 2. The van der Waals surface area contributed by atoms with Gasteiger partial charge in [-0.3, -0.25) is 0 Å². The quantitative estimate of drug-likeness (QED) is 0.561. The highest BCUT2D eigenvalue weighted by Gasteiger charge is 2.38. The first-order chi connectivity index (χ1) is 5.02.